The molecule has 5 heteroatoms. The van der Waals surface area contributed by atoms with Crippen LogP contribution in [0, 0.1) is 16.7 Å². The molecule has 118 valence electrons. The lowest BCUT2D eigenvalue weighted by atomic mass is 9.69. The Labute approximate surface area is 140 Å². The summed E-state index contributed by atoms with van der Waals surface area (Å²) in [4.78, 5) is 16.9. The lowest BCUT2D eigenvalue weighted by Crippen LogP contribution is -2.37. The van der Waals surface area contributed by atoms with Crippen molar-refractivity contribution in [1.82, 2.24) is 10.3 Å². The van der Waals surface area contributed by atoms with Crippen molar-refractivity contribution in [3.8, 4) is 6.07 Å². The standard InChI is InChI=1S/C18H18ClN3O/c1-10-12(9-20)15(11-5-4-6-21-17(11)19)16-13(22-10)7-18(2,3)8-14(16)23/h4-6,15,22H,7-8H2,1-3H3. The summed E-state index contributed by atoms with van der Waals surface area (Å²) in [6.07, 6.45) is 2.86. The number of allylic oxidation sites excluding steroid dienone is 4. The van der Waals surface area contributed by atoms with E-state index in [2.05, 4.69) is 30.2 Å². The van der Waals surface area contributed by atoms with E-state index < -0.39 is 5.92 Å². The van der Waals surface area contributed by atoms with Gasteiger partial charge in [-0.2, -0.15) is 5.26 Å². The third-order valence-electron chi connectivity index (χ3n) is 4.46. The van der Waals surface area contributed by atoms with Crippen LogP contribution in [-0.2, 0) is 4.79 Å². The van der Waals surface area contributed by atoms with Gasteiger partial charge in [-0.05, 0) is 24.8 Å². The molecule has 0 saturated heterocycles. The number of Topliss-reactive ketones (excluding diaryl/α,β-unsaturated/α-hetero) is 1. The first-order valence-electron chi connectivity index (χ1n) is 7.58. The lowest BCUT2D eigenvalue weighted by molar-refractivity contribution is -0.118. The molecule has 0 bridgehead atoms. The van der Waals surface area contributed by atoms with Crippen LogP contribution in [0.25, 0.3) is 0 Å². The predicted molar refractivity (Wildman–Crippen MR) is 88.5 cm³/mol. The molecule has 0 fully saturated rings. The second-order valence-electron chi connectivity index (χ2n) is 6.93. The van der Waals surface area contributed by atoms with Gasteiger partial charge in [-0.15, -0.1) is 0 Å². The van der Waals surface area contributed by atoms with Crippen molar-refractivity contribution < 1.29 is 4.79 Å². The minimum Gasteiger partial charge on any atom is -0.361 e. The highest BCUT2D eigenvalue weighted by Crippen LogP contribution is 2.47. The van der Waals surface area contributed by atoms with Gasteiger partial charge in [0.2, 0.25) is 0 Å². The van der Waals surface area contributed by atoms with E-state index in [1.54, 1.807) is 12.3 Å². The number of carbonyl (C=O) groups excluding carboxylic acids is 1. The zero-order valence-electron chi connectivity index (χ0n) is 13.4. The fraction of sp³-hybridized carbons (Fsp3) is 0.389. The molecule has 0 spiro atoms. The van der Waals surface area contributed by atoms with E-state index in [1.807, 2.05) is 13.0 Å². The van der Waals surface area contributed by atoms with Gasteiger partial charge in [-0.1, -0.05) is 31.5 Å². The summed E-state index contributed by atoms with van der Waals surface area (Å²) in [5, 5.41) is 13.2. The van der Waals surface area contributed by atoms with Gasteiger partial charge in [0.15, 0.2) is 5.78 Å². The Morgan fingerprint density at radius 3 is 2.83 bits per heavy atom. The van der Waals surface area contributed by atoms with Crippen molar-refractivity contribution in [2.45, 2.75) is 39.5 Å². The van der Waals surface area contributed by atoms with Crippen LogP contribution in [0.4, 0.5) is 0 Å². The second-order valence-corrected chi connectivity index (χ2v) is 7.28. The van der Waals surface area contributed by atoms with E-state index in [-0.39, 0.29) is 11.2 Å². The van der Waals surface area contributed by atoms with Gasteiger partial charge in [0, 0.05) is 35.1 Å². The van der Waals surface area contributed by atoms with Crippen molar-refractivity contribution >= 4 is 17.4 Å². The number of nitriles is 1. The van der Waals surface area contributed by atoms with Crippen LogP contribution < -0.4 is 5.32 Å². The Bertz CT molecular complexity index is 799. The molecule has 1 N–H and O–H groups in total. The molecule has 2 heterocycles. The van der Waals surface area contributed by atoms with E-state index >= 15 is 0 Å². The van der Waals surface area contributed by atoms with E-state index in [9.17, 15) is 10.1 Å². The molecule has 0 aromatic carbocycles. The van der Waals surface area contributed by atoms with Gasteiger partial charge < -0.3 is 5.32 Å². The highest BCUT2D eigenvalue weighted by Gasteiger charge is 2.41. The first-order valence-corrected chi connectivity index (χ1v) is 7.96. The van der Waals surface area contributed by atoms with Crippen molar-refractivity contribution in [3.63, 3.8) is 0 Å². The molecule has 1 atom stereocenters. The van der Waals surface area contributed by atoms with E-state index in [0.29, 0.717) is 28.3 Å². The number of aromatic nitrogens is 1. The molecule has 3 rings (SSSR count). The highest BCUT2D eigenvalue weighted by molar-refractivity contribution is 6.30. The molecule has 1 aliphatic carbocycles. The predicted octanol–water partition coefficient (Wildman–Crippen LogP) is 3.86. The average molecular weight is 328 g/mol. The summed E-state index contributed by atoms with van der Waals surface area (Å²) in [5.41, 5.74) is 3.52. The fourth-order valence-corrected chi connectivity index (χ4v) is 3.74. The van der Waals surface area contributed by atoms with Gasteiger partial charge in [0.1, 0.15) is 5.15 Å². The van der Waals surface area contributed by atoms with Crippen molar-refractivity contribution in [2.24, 2.45) is 5.41 Å². The monoisotopic (exact) mass is 327 g/mol. The number of nitrogens with one attached hydrogen (secondary N) is 1. The Balaban J connectivity index is 2.22. The lowest BCUT2D eigenvalue weighted by Gasteiger charge is -2.38. The number of dihydropyridines is 1. The summed E-state index contributed by atoms with van der Waals surface area (Å²) in [6.45, 7) is 6.04. The van der Waals surface area contributed by atoms with Crippen molar-refractivity contribution in [1.29, 1.82) is 5.26 Å². The van der Waals surface area contributed by atoms with E-state index in [1.165, 1.54) is 0 Å². The molecule has 1 aromatic rings. The van der Waals surface area contributed by atoms with Crippen molar-refractivity contribution in [2.75, 3.05) is 0 Å². The highest BCUT2D eigenvalue weighted by atomic mass is 35.5. The minimum atomic E-state index is -0.430. The minimum absolute atomic E-state index is 0.0777. The molecule has 1 aromatic heterocycles. The molecule has 4 nitrogen and oxygen atoms in total. The quantitative estimate of drug-likeness (QED) is 0.795. The largest absolute Gasteiger partial charge is 0.361 e. The second kappa shape index (κ2) is 5.50. The molecular weight excluding hydrogens is 310 g/mol. The number of ketones is 1. The normalized spacial score (nSPS) is 23.3. The van der Waals surface area contributed by atoms with Gasteiger partial charge in [0.05, 0.1) is 17.6 Å². The first kappa shape index (κ1) is 15.8. The smallest absolute Gasteiger partial charge is 0.162 e. The molecule has 23 heavy (non-hydrogen) atoms. The number of pyridine rings is 1. The van der Waals surface area contributed by atoms with Crippen LogP contribution in [0.1, 0.15) is 45.1 Å². The Morgan fingerprint density at radius 2 is 2.17 bits per heavy atom. The average Bonchev–Trinajstić information content (AvgIpc) is 2.45. The van der Waals surface area contributed by atoms with Gasteiger partial charge in [0.25, 0.3) is 0 Å². The maximum atomic E-state index is 12.8. The third kappa shape index (κ3) is 2.66. The van der Waals surface area contributed by atoms with Crippen LogP contribution in [0.2, 0.25) is 5.15 Å². The SMILES string of the molecule is CC1=C(C#N)C(c2cccnc2Cl)C2=C(CC(C)(C)CC2=O)N1. The van der Waals surface area contributed by atoms with Crippen molar-refractivity contribution in [3.05, 3.63) is 51.6 Å². The number of rotatable bonds is 1. The Hall–Kier alpha value is -2.12. The maximum Gasteiger partial charge on any atom is 0.162 e. The van der Waals surface area contributed by atoms with Crippen LogP contribution in [0.15, 0.2) is 40.9 Å². The molecule has 0 amide bonds. The number of hydrogen-bond donors (Lipinski definition) is 1. The number of nitrogens with zero attached hydrogens (tertiary/aromatic N) is 2. The summed E-state index contributed by atoms with van der Waals surface area (Å²) in [5.74, 6) is -0.352. The summed E-state index contributed by atoms with van der Waals surface area (Å²) in [7, 11) is 0. The molecule has 0 saturated carbocycles. The summed E-state index contributed by atoms with van der Waals surface area (Å²) < 4.78 is 0. The van der Waals surface area contributed by atoms with Gasteiger partial charge in [-0.25, -0.2) is 4.98 Å². The van der Waals surface area contributed by atoms with E-state index in [4.69, 9.17) is 11.6 Å². The number of hydrogen-bond acceptors (Lipinski definition) is 4. The first-order chi connectivity index (χ1) is 10.8. The Morgan fingerprint density at radius 1 is 1.43 bits per heavy atom. The number of carbonyl (C=O) groups is 1. The van der Waals surface area contributed by atoms with Crippen LogP contribution >= 0.6 is 11.6 Å². The molecule has 1 aliphatic heterocycles. The van der Waals surface area contributed by atoms with Crippen LogP contribution in [0.5, 0.6) is 0 Å². The topological polar surface area (TPSA) is 65.8 Å². The fourth-order valence-electron chi connectivity index (χ4n) is 3.51. The van der Waals surface area contributed by atoms with Gasteiger partial charge >= 0.3 is 0 Å². The van der Waals surface area contributed by atoms with Crippen LogP contribution in [-0.4, -0.2) is 10.8 Å². The zero-order valence-corrected chi connectivity index (χ0v) is 14.2. The summed E-state index contributed by atoms with van der Waals surface area (Å²) >= 11 is 6.27. The molecule has 2 aliphatic rings. The van der Waals surface area contributed by atoms with Gasteiger partial charge in [-0.3, -0.25) is 4.79 Å². The Kier molecular flexibility index (Phi) is 3.77. The number of halogens is 1. The zero-order chi connectivity index (χ0) is 16.8. The molecule has 1 unspecified atom stereocenters. The molecule has 0 radical (unpaired) electrons. The maximum absolute atomic E-state index is 12.8. The summed E-state index contributed by atoms with van der Waals surface area (Å²) in [6, 6.07) is 5.87. The van der Waals surface area contributed by atoms with Crippen LogP contribution in [0.3, 0.4) is 0 Å². The molecular formula is C18H18ClN3O. The van der Waals surface area contributed by atoms with E-state index in [0.717, 1.165) is 17.8 Å². The third-order valence-corrected chi connectivity index (χ3v) is 4.77.